The molecular weight excluding hydrogens is 228 g/mol. The summed E-state index contributed by atoms with van der Waals surface area (Å²) in [6.07, 6.45) is -1.42. The summed E-state index contributed by atoms with van der Waals surface area (Å²) in [5.74, 6) is -0.425. The number of aliphatic hydroxyl groups excluding tert-OH is 1. The van der Waals surface area contributed by atoms with Crippen LogP contribution in [0.4, 0.5) is 0 Å². The SMILES string of the molecule is O=C(c1ccccc1)[C@@H](O)OCc1ccccc1. The maximum Gasteiger partial charge on any atom is 0.220 e. The van der Waals surface area contributed by atoms with Crippen molar-refractivity contribution < 1.29 is 14.6 Å². The van der Waals surface area contributed by atoms with Crippen molar-refractivity contribution in [3.63, 3.8) is 0 Å². The second-order valence-corrected chi connectivity index (χ2v) is 3.88. The molecular formula is C15H14O3. The Kier molecular flexibility index (Phi) is 4.23. The summed E-state index contributed by atoms with van der Waals surface area (Å²) in [7, 11) is 0. The summed E-state index contributed by atoms with van der Waals surface area (Å²) in [6, 6.07) is 18.0. The normalized spacial score (nSPS) is 12.1. The fourth-order valence-electron chi connectivity index (χ4n) is 1.57. The van der Waals surface area contributed by atoms with Crippen LogP contribution in [0.25, 0.3) is 0 Å². The quantitative estimate of drug-likeness (QED) is 0.647. The summed E-state index contributed by atoms with van der Waals surface area (Å²) >= 11 is 0. The first-order valence-corrected chi connectivity index (χ1v) is 5.70. The maximum atomic E-state index is 11.8. The van der Waals surface area contributed by atoms with Crippen LogP contribution in [0.3, 0.4) is 0 Å². The Bertz CT molecular complexity index is 494. The van der Waals surface area contributed by atoms with Gasteiger partial charge >= 0.3 is 0 Å². The van der Waals surface area contributed by atoms with Crippen molar-refractivity contribution in [2.45, 2.75) is 12.9 Å². The number of benzene rings is 2. The molecule has 1 atom stereocenters. The number of aliphatic hydroxyl groups is 1. The summed E-state index contributed by atoms with van der Waals surface area (Å²) in [6.45, 7) is 0.209. The molecule has 0 radical (unpaired) electrons. The Morgan fingerprint density at radius 3 is 2.17 bits per heavy atom. The van der Waals surface area contributed by atoms with Gasteiger partial charge in [-0.25, -0.2) is 0 Å². The lowest BCUT2D eigenvalue weighted by atomic mass is 10.1. The number of rotatable bonds is 5. The molecule has 2 aromatic rings. The second-order valence-electron chi connectivity index (χ2n) is 3.88. The zero-order chi connectivity index (χ0) is 12.8. The molecule has 92 valence electrons. The highest BCUT2D eigenvalue weighted by Crippen LogP contribution is 2.07. The summed E-state index contributed by atoms with van der Waals surface area (Å²) in [5.41, 5.74) is 1.36. The molecule has 2 rings (SSSR count). The standard InChI is InChI=1S/C15H14O3/c16-14(13-9-5-2-6-10-13)15(17)18-11-12-7-3-1-4-8-12/h1-10,15,17H,11H2/t15-/m0/s1. The first-order chi connectivity index (χ1) is 8.77. The third-order valence-electron chi connectivity index (χ3n) is 2.53. The molecule has 0 spiro atoms. The van der Waals surface area contributed by atoms with Crippen molar-refractivity contribution in [3.05, 3.63) is 71.8 Å². The molecule has 0 aliphatic rings. The molecule has 0 saturated heterocycles. The van der Waals surface area contributed by atoms with E-state index in [1.165, 1.54) is 0 Å². The number of hydrogen-bond donors (Lipinski definition) is 1. The number of hydrogen-bond acceptors (Lipinski definition) is 3. The van der Waals surface area contributed by atoms with Crippen molar-refractivity contribution in [1.29, 1.82) is 0 Å². The maximum absolute atomic E-state index is 11.8. The lowest BCUT2D eigenvalue weighted by molar-refractivity contribution is -0.0800. The third kappa shape index (κ3) is 3.26. The molecule has 3 heteroatoms. The fraction of sp³-hybridized carbons (Fsp3) is 0.133. The van der Waals surface area contributed by atoms with E-state index in [4.69, 9.17) is 4.74 Å². The topological polar surface area (TPSA) is 46.5 Å². The number of ether oxygens (including phenoxy) is 1. The van der Waals surface area contributed by atoms with Crippen molar-refractivity contribution in [1.82, 2.24) is 0 Å². The van der Waals surface area contributed by atoms with Gasteiger partial charge < -0.3 is 9.84 Å². The van der Waals surface area contributed by atoms with Gasteiger partial charge in [0.15, 0.2) is 0 Å². The van der Waals surface area contributed by atoms with E-state index in [9.17, 15) is 9.90 Å². The van der Waals surface area contributed by atoms with E-state index in [0.717, 1.165) is 5.56 Å². The van der Waals surface area contributed by atoms with Gasteiger partial charge in [-0.3, -0.25) is 4.79 Å². The fourth-order valence-corrected chi connectivity index (χ4v) is 1.57. The molecule has 0 aliphatic heterocycles. The van der Waals surface area contributed by atoms with Gasteiger partial charge in [0.2, 0.25) is 12.1 Å². The van der Waals surface area contributed by atoms with Crippen LogP contribution in [0.15, 0.2) is 60.7 Å². The average molecular weight is 242 g/mol. The minimum absolute atomic E-state index is 0.209. The first-order valence-electron chi connectivity index (χ1n) is 5.70. The van der Waals surface area contributed by atoms with Gasteiger partial charge in [-0.2, -0.15) is 0 Å². The predicted molar refractivity (Wildman–Crippen MR) is 68.0 cm³/mol. The highest BCUT2D eigenvalue weighted by atomic mass is 16.6. The van der Waals surface area contributed by atoms with Crippen LogP contribution in [-0.2, 0) is 11.3 Å². The van der Waals surface area contributed by atoms with Gasteiger partial charge in [0.05, 0.1) is 6.61 Å². The van der Waals surface area contributed by atoms with Crippen LogP contribution in [0.1, 0.15) is 15.9 Å². The van der Waals surface area contributed by atoms with E-state index in [1.54, 1.807) is 24.3 Å². The van der Waals surface area contributed by atoms with Gasteiger partial charge in [0, 0.05) is 5.56 Å². The minimum atomic E-state index is -1.42. The molecule has 0 fully saturated rings. The molecule has 0 bridgehead atoms. The second kappa shape index (κ2) is 6.10. The van der Waals surface area contributed by atoms with Crippen LogP contribution in [0, 0.1) is 0 Å². The summed E-state index contributed by atoms with van der Waals surface area (Å²) < 4.78 is 5.15. The first kappa shape index (κ1) is 12.5. The van der Waals surface area contributed by atoms with E-state index in [-0.39, 0.29) is 6.61 Å². The highest BCUT2D eigenvalue weighted by Gasteiger charge is 2.17. The lowest BCUT2D eigenvalue weighted by Crippen LogP contribution is -2.23. The summed E-state index contributed by atoms with van der Waals surface area (Å²) in [5, 5.41) is 9.66. The number of carbonyl (C=O) groups is 1. The van der Waals surface area contributed by atoms with Crippen molar-refractivity contribution in [2.24, 2.45) is 0 Å². The van der Waals surface area contributed by atoms with Crippen molar-refractivity contribution in [2.75, 3.05) is 0 Å². The van der Waals surface area contributed by atoms with Gasteiger partial charge in [0.1, 0.15) is 0 Å². The molecule has 0 amide bonds. The smallest absolute Gasteiger partial charge is 0.220 e. The van der Waals surface area contributed by atoms with Crippen LogP contribution < -0.4 is 0 Å². The van der Waals surface area contributed by atoms with Gasteiger partial charge in [-0.1, -0.05) is 60.7 Å². The molecule has 0 aliphatic carbocycles. The minimum Gasteiger partial charge on any atom is -0.362 e. The Hall–Kier alpha value is -1.97. The number of ketones is 1. The van der Waals surface area contributed by atoms with Gasteiger partial charge in [0.25, 0.3) is 0 Å². The van der Waals surface area contributed by atoms with E-state index in [1.807, 2.05) is 36.4 Å². The molecule has 3 nitrogen and oxygen atoms in total. The summed E-state index contributed by atoms with van der Waals surface area (Å²) in [4.78, 5) is 11.8. The molecule has 0 unspecified atom stereocenters. The predicted octanol–water partition coefficient (Wildman–Crippen LogP) is 2.40. The highest BCUT2D eigenvalue weighted by molar-refractivity contribution is 5.98. The lowest BCUT2D eigenvalue weighted by Gasteiger charge is -2.10. The molecule has 0 heterocycles. The van der Waals surface area contributed by atoms with Gasteiger partial charge in [-0.05, 0) is 5.56 Å². The Morgan fingerprint density at radius 2 is 1.56 bits per heavy atom. The largest absolute Gasteiger partial charge is 0.362 e. The van der Waals surface area contributed by atoms with E-state index in [2.05, 4.69) is 0 Å². The Balaban J connectivity index is 1.93. The van der Waals surface area contributed by atoms with Crippen LogP contribution in [-0.4, -0.2) is 17.2 Å². The molecule has 18 heavy (non-hydrogen) atoms. The van der Waals surface area contributed by atoms with Crippen LogP contribution in [0.2, 0.25) is 0 Å². The third-order valence-corrected chi connectivity index (χ3v) is 2.53. The monoisotopic (exact) mass is 242 g/mol. The molecule has 1 N–H and O–H groups in total. The van der Waals surface area contributed by atoms with E-state index < -0.39 is 12.1 Å². The average Bonchev–Trinajstić information content (AvgIpc) is 2.46. The Labute approximate surface area is 106 Å². The molecule has 0 saturated carbocycles. The zero-order valence-corrected chi connectivity index (χ0v) is 9.82. The van der Waals surface area contributed by atoms with Gasteiger partial charge in [-0.15, -0.1) is 0 Å². The zero-order valence-electron chi connectivity index (χ0n) is 9.82. The van der Waals surface area contributed by atoms with E-state index >= 15 is 0 Å². The Morgan fingerprint density at radius 1 is 1.00 bits per heavy atom. The number of Topliss-reactive ketones (excluding diaryl/α,β-unsaturated/α-hetero) is 1. The van der Waals surface area contributed by atoms with Crippen LogP contribution in [0.5, 0.6) is 0 Å². The van der Waals surface area contributed by atoms with E-state index in [0.29, 0.717) is 5.56 Å². The molecule has 0 aromatic heterocycles. The molecule has 2 aromatic carbocycles. The van der Waals surface area contributed by atoms with Crippen molar-refractivity contribution in [3.8, 4) is 0 Å². The van der Waals surface area contributed by atoms with Crippen LogP contribution >= 0.6 is 0 Å². The van der Waals surface area contributed by atoms with Crippen molar-refractivity contribution >= 4 is 5.78 Å². The number of carbonyl (C=O) groups excluding carboxylic acids is 1.